The predicted molar refractivity (Wildman–Crippen MR) is 64.6 cm³/mol. The number of ether oxygens (including phenoxy) is 1. The Balaban J connectivity index is 3.13. The van der Waals surface area contributed by atoms with Gasteiger partial charge in [-0.05, 0) is 6.07 Å². The predicted octanol–water partition coefficient (Wildman–Crippen LogP) is 1.77. The molecule has 9 heteroatoms. The number of benzene rings is 1. The van der Waals surface area contributed by atoms with Gasteiger partial charge < -0.3 is 15.2 Å². The highest BCUT2D eigenvalue weighted by Crippen LogP contribution is 2.30. The molecular weight excluding hydrogens is 278 g/mol. The zero-order chi connectivity index (χ0) is 15.3. The maximum absolute atomic E-state index is 13.6. The molecule has 0 aliphatic carbocycles. The third kappa shape index (κ3) is 3.60. The van der Waals surface area contributed by atoms with Gasteiger partial charge >= 0.3 is 5.97 Å². The first-order chi connectivity index (χ1) is 9.38. The molecular formula is C11H12F2N2O5. The summed E-state index contributed by atoms with van der Waals surface area (Å²) in [6.07, 6.45) is -0.0705. The van der Waals surface area contributed by atoms with E-state index in [9.17, 15) is 23.7 Å². The smallest absolute Gasteiger partial charge is 0.326 e. The Morgan fingerprint density at radius 3 is 2.70 bits per heavy atom. The Hall–Kier alpha value is -2.29. The van der Waals surface area contributed by atoms with Crippen molar-refractivity contribution in [3.8, 4) is 0 Å². The number of hydrogen-bond acceptors (Lipinski definition) is 5. The van der Waals surface area contributed by atoms with Crippen molar-refractivity contribution in [2.24, 2.45) is 0 Å². The Morgan fingerprint density at radius 2 is 2.20 bits per heavy atom. The van der Waals surface area contributed by atoms with Gasteiger partial charge in [0.2, 0.25) is 0 Å². The minimum atomic E-state index is -1.50. The van der Waals surface area contributed by atoms with Crippen LogP contribution < -0.4 is 5.32 Å². The van der Waals surface area contributed by atoms with Crippen LogP contribution in [-0.4, -0.2) is 35.8 Å². The summed E-state index contributed by atoms with van der Waals surface area (Å²) in [6.45, 7) is 0.0364. The number of anilines is 1. The summed E-state index contributed by atoms with van der Waals surface area (Å²) < 4.78 is 31.4. The molecule has 0 radical (unpaired) electrons. The highest BCUT2D eigenvalue weighted by molar-refractivity contribution is 5.79. The Bertz CT molecular complexity index is 524. The molecule has 0 aliphatic rings. The molecule has 0 aromatic heterocycles. The number of carboxylic acids is 1. The average Bonchev–Trinajstić information content (AvgIpc) is 2.38. The molecule has 1 aromatic rings. The van der Waals surface area contributed by atoms with Crippen LogP contribution in [0.1, 0.15) is 6.42 Å². The number of halogens is 2. The van der Waals surface area contributed by atoms with E-state index in [2.05, 4.69) is 10.1 Å². The van der Waals surface area contributed by atoms with Crippen LogP contribution in [0, 0.1) is 21.7 Å². The van der Waals surface area contributed by atoms with Crippen LogP contribution in [0.2, 0.25) is 0 Å². The van der Waals surface area contributed by atoms with E-state index in [1.165, 1.54) is 7.11 Å². The molecule has 2 N–H and O–H groups in total. The van der Waals surface area contributed by atoms with Crippen LogP contribution in [0.25, 0.3) is 0 Å². The minimum absolute atomic E-state index is 0.0364. The second-order valence-electron chi connectivity index (χ2n) is 3.83. The summed E-state index contributed by atoms with van der Waals surface area (Å²) in [5.74, 6) is -4.17. The highest BCUT2D eigenvalue weighted by Gasteiger charge is 2.26. The van der Waals surface area contributed by atoms with E-state index in [1.54, 1.807) is 0 Å². The lowest BCUT2D eigenvalue weighted by atomic mass is 10.1. The van der Waals surface area contributed by atoms with E-state index in [0.29, 0.717) is 6.07 Å². The molecule has 7 nitrogen and oxygen atoms in total. The Kier molecular flexibility index (Phi) is 5.32. The van der Waals surface area contributed by atoms with Crippen LogP contribution in [0.4, 0.5) is 20.2 Å². The van der Waals surface area contributed by atoms with Crippen molar-refractivity contribution < 1.29 is 28.3 Å². The molecule has 0 amide bonds. The summed E-state index contributed by atoms with van der Waals surface area (Å²) in [4.78, 5) is 20.8. The topological polar surface area (TPSA) is 102 Å². The summed E-state index contributed by atoms with van der Waals surface area (Å²) in [6, 6.07) is 0.0180. The van der Waals surface area contributed by atoms with Crippen molar-refractivity contribution >= 4 is 17.3 Å². The molecule has 1 atom stereocenters. The van der Waals surface area contributed by atoms with Crippen LogP contribution in [-0.2, 0) is 9.53 Å². The standard InChI is InChI=1S/C11H12F2N2O5/c1-20-5-4-7(11(16)17)14-10-8(15(18)19)3-2-6(12)9(10)13/h2-3,7,14H,4-5H2,1H3,(H,16,17). The molecule has 0 saturated carbocycles. The number of methoxy groups -OCH3 is 1. The maximum atomic E-state index is 13.6. The lowest BCUT2D eigenvalue weighted by Crippen LogP contribution is -2.31. The summed E-state index contributed by atoms with van der Waals surface area (Å²) >= 11 is 0. The van der Waals surface area contributed by atoms with Crippen LogP contribution in [0.3, 0.4) is 0 Å². The van der Waals surface area contributed by atoms with Gasteiger partial charge in [-0.1, -0.05) is 0 Å². The minimum Gasteiger partial charge on any atom is -0.480 e. The summed E-state index contributed by atoms with van der Waals surface area (Å²) in [7, 11) is 1.34. The average molecular weight is 290 g/mol. The first-order valence-corrected chi connectivity index (χ1v) is 5.49. The van der Waals surface area contributed by atoms with Crippen molar-refractivity contribution in [3.63, 3.8) is 0 Å². The number of nitrogens with one attached hydrogen (secondary N) is 1. The second-order valence-corrected chi connectivity index (χ2v) is 3.83. The zero-order valence-electron chi connectivity index (χ0n) is 10.4. The van der Waals surface area contributed by atoms with Crippen LogP contribution in [0.5, 0.6) is 0 Å². The van der Waals surface area contributed by atoms with Crippen LogP contribution >= 0.6 is 0 Å². The third-order valence-electron chi connectivity index (χ3n) is 2.50. The monoisotopic (exact) mass is 290 g/mol. The molecule has 0 aliphatic heterocycles. The zero-order valence-corrected chi connectivity index (χ0v) is 10.4. The molecule has 1 unspecified atom stereocenters. The first kappa shape index (κ1) is 15.8. The van der Waals surface area contributed by atoms with Gasteiger partial charge in [0.25, 0.3) is 5.69 Å². The molecule has 0 spiro atoms. The van der Waals surface area contributed by atoms with Gasteiger partial charge in [-0.15, -0.1) is 0 Å². The number of aliphatic carboxylic acids is 1. The molecule has 0 fully saturated rings. The number of nitrogens with zero attached hydrogens (tertiary/aromatic N) is 1. The van der Waals surface area contributed by atoms with Crippen molar-refractivity contribution in [2.45, 2.75) is 12.5 Å². The fourth-order valence-corrected chi connectivity index (χ4v) is 1.50. The fraction of sp³-hybridized carbons (Fsp3) is 0.364. The molecule has 1 aromatic carbocycles. The number of nitro benzene ring substituents is 1. The largest absolute Gasteiger partial charge is 0.480 e. The molecule has 1 rings (SSSR count). The van der Waals surface area contributed by atoms with Crippen molar-refractivity contribution in [1.29, 1.82) is 0 Å². The highest BCUT2D eigenvalue weighted by atomic mass is 19.2. The van der Waals surface area contributed by atoms with E-state index in [4.69, 9.17) is 5.11 Å². The number of hydrogen-bond donors (Lipinski definition) is 2. The number of carboxylic acid groups (broad SMARTS) is 1. The fourth-order valence-electron chi connectivity index (χ4n) is 1.50. The maximum Gasteiger partial charge on any atom is 0.326 e. The quantitative estimate of drug-likeness (QED) is 0.586. The van der Waals surface area contributed by atoms with Gasteiger partial charge in [0.15, 0.2) is 17.3 Å². The number of nitro groups is 1. The lowest BCUT2D eigenvalue weighted by molar-refractivity contribution is -0.384. The van der Waals surface area contributed by atoms with Crippen molar-refractivity contribution in [1.82, 2.24) is 0 Å². The van der Waals surface area contributed by atoms with E-state index in [1.807, 2.05) is 0 Å². The Morgan fingerprint density at radius 1 is 1.55 bits per heavy atom. The van der Waals surface area contributed by atoms with Gasteiger partial charge in [-0.25, -0.2) is 13.6 Å². The summed E-state index contributed by atoms with van der Waals surface area (Å²) in [5, 5.41) is 21.8. The number of carbonyl (C=O) groups is 1. The normalized spacial score (nSPS) is 11.9. The molecule has 20 heavy (non-hydrogen) atoms. The van der Waals surface area contributed by atoms with E-state index in [0.717, 1.165) is 6.07 Å². The van der Waals surface area contributed by atoms with Gasteiger partial charge in [0.05, 0.1) is 4.92 Å². The van der Waals surface area contributed by atoms with Crippen molar-refractivity contribution in [3.05, 3.63) is 33.9 Å². The van der Waals surface area contributed by atoms with E-state index >= 15 is 0 Å². The van der Waals surface area contributed by atoms with Gasteiger partial charge in [0.1, 0.15) is 6.04 Å². The van der Waals surface area contributed by atoms with E-state index in [-0.39, 0.29) is 13.0 Å². The van der Waals surface area contributed by atoms with Crippen molar-refractivity contribution in [2.75, 3.05) is 19.0 Å². The Labute approximate surface area is 112 Å². The summed E-state index contributed by atoms with van der Waals surface area (Å²) in [5.41, 5.74) is -1.54. The first-order valence-electron chi connectivity index (χ1n) is 5.49. The molecule has 110 valence electrons. The molecule has 0 bridgehead atoms. The van der Waals surface area contributed by atoms with Gasteiger partial charge in [-0.2, -0.15) is 0 Å². The van der Waals surface area contributed by atoms with E-state index < -0.39 is 39.9 Å². The SMILES string of the molecule is COCCC(Nc1c([N+](=O)[O-])ccc(F)c1F)C(=O)O. The van der Waals surface area contributed by atoms with Crippen LogP contribution in [0.15, 0.2) is 12.1 Å². The van der Waals surface area contributed by atoms with Gasteiger partial charge in [-0.3, -0.25) is 10.1 Å². The number of rotatable bonds is 7. The van der Waals surface area contributed by atoms with Gasteiger partial charge in [0, 0.05) is 26.2 Å². The molecule has 0 heterocycles. The molecule has 0 saturated heterocycles. The second kappa shape index (κ2) is 6.75. The lowest BCUT2D eigenvalue weighted by Gasteiger charge is -2.16. The third-order valence-corrected chi connectivity index (χ3v) is 2.50.